The minimum absolute atomic E-state index is 0.0891. The van der Waals surface area contributed by atoms with E-state index in [4.69, 9.17) is 10.2 Å². The molecule has 0 radical (unpaired) electrons. The molecule has 0 saturated carbocycles. The van der Waals surface area contributed by atoms with Gasteiger partial charge in [-0.05, 0) is 11.6 Å². The summed E-state index contributed by atoms with van der Waals surface area (Å²) in [6.45, 7) is 0. The Bertz CT molecular complexity index is 625. The molecule has 2 rings (SSSR count). The normalized spacial score (nSPS) is 10.4. The maximum absolute atomic E-state index is 10.7. The van der Waals surface area contributed by atoms with Crippen LogP contribution in [0.4, 0.5) is 0 Å². The number of hydrogen-bond donors (Lipinski definition) is 2. The van der Waals surface area contributed by atoms with Crippen molar-refractivity contribution in [1.29, 1.82) is 0 Å². The Morgan fingerprint density at radius 1 is 1.06 bits per heavy atom. The average Bonchev–Trinajstić information content (AvgIpc) is 2.27. The molecule has 0 unspecified atom stereocenters. The van der Waals surface area contributed by atoms with Crippen LogP contribution in [0.3, 0.4) is 0 Å². The van der Waals surface area contributed by atoms with Gasteiger partial charge in [0, 0.05) is 5.39 Å². The van der Waals surface area contributed by atoms with Crippen LogP contribution in [-0.2, 0) is 22.4 Å². The number of carboxylic acids is 2. The molecular formula is C12H10N2O4. The van der Waals surface area contributed by atoms with Gasteiger partial charge >= 0.3 is 11.9 Å². The first-order chi connectivity index (χ1) is 8.56. The first-order valence-electron chi connectivity index (χ1n) is 5.22. The smallest absolute Gasteiger partial charge is 0.309 e. The van der Waals surface area contributed by atoms with E-state index in [1.54, 1.807) is 18.2 Å². The number of nitrogens with zero attached hydrogens (tertiary/aromatic N) is 2. The SMILES string of the molecule is O=C(O)Cc1ccc2c(CC(=O)O)ncnc2c1. The molecule has 1 heterocycles. The fourth-order valence-electron chi connectivity index (χ4n) is 1.73. The van der Waals surface area contributed by atoms with Crippen molar-refractivity contribution in [2.24, 2.45) is 0 Å². The molecule has 0 amide bonds. The molecule has 2 N–H and O–H groups in total. The summed E-state index contributed by atoms with van der Waals surface area (Å²) >= 11 is 0. The summed E-state index contributed by atoms with van der Waals surface area (Å²) in [6.07, 6.45) is 1.01. The van der Waals surface area contributed by atoms with Crippen molar-refractivity contribution < 1.29 is 19.8 Å². The van der Waals surface area contributed by atoms with Crippen molar-refractivity contribution in [1.82, 2.24) is 9.97 Å². The fraction of sp³-hybridized carbons (Fsp3) is 0.167. The second-order valence-electron chi connectivity index (χ2n) is 3.81. The van der Waals surface area contributed by atoms with Gasteiger partial charge in [-0.2, -0.15) is 0 Å². The highest BCUT2D eigenvalue weighted by Crippen LogP contribution is 2.17. The zero-order chi connectivity index (χ0) is 13.1. The average molecular weight is 246 g/mol. The number of aliphatic carboxylic acids is 2. The zero-order valence-electron chi connectivity index (χ0n) is 9.33. The van der Waals surface area contributed by atoms with Crippen LogP contribution >= 0.6 is 0 Å². The van der Waals surface area contributed by atoms with Crippen LogP contribution in [0.1, 0.15) is 11.3 Å². The van der Waals surface area contributed by atoms with E-state index in [1.807, 2.05) is 0 Å². The Labute approximate surface area is 102 Å². The minimum atomic E-state index is -0.968. The summed E-state index contributed by atoms with van der Waals surface area (Å²) in [5.41, 5.74) is 1.60. The van der Waals surface area contributed by atoms with Crippen molar-refractivity contribution in [2.45, 2.75) is 12.8 Å². The predicted octanol–water partition coefficient (Wildman–Crippen LogP) is 0.884. The Kier molecular flexibility index (Phi) is 3.18. The Morgan fingerprint density at radius 2 is 1.78 bits per heavy atom. The minimum Gasteiger partial charge on any atom is -0.481 e. The Morgan fingerprint density at radius 3 is 2.44 bits per heavy atom. The largest absolute Gasteiger partial charge is 0.481 e. The van der Waals surface area contributed by atoms with Crippen molar-refractivity contribution in [3.63, 3.8) is 0 Å². The van der Waals surface area contributed by atoms with E-state index in [0.29, 0.717) is 22.2 Å². The molecule has 0 saturated heterocycles. The summed E-state index contributed by atoms with van der Waals surface area (Å²) in [4.78, 5) is 29.2. The predicted molar refractivity (Wildman–Crippen MR) is 62.2 cm³/mol. The van der Waals surface area contributed by atoms with Crippen molar-refractivity contribution in [3.8, 4) is 0 Å². The van der Waals surface area contributed by atoms with Crippen molar-refractivity contribution >= 4 is 22.8 Å². The zero-order valence-corrected chi connectivity index (χ0v) is 9.33. The molecule has 0 bridgehead atoms. The molecule has 0 aliphatic heterocycles. The lowest BCUT2D eigenvalue weighted by Crippen LogP contribution is -2.04. The van der Waals surface area contributed by atoms with Gasteiger partial charge in [-0.3, -0.25) is 9.59 Å². The van der Waals surface area contributed by atoms with Gasteiger partial charge in [0.1, 0.15) is 6.33 Å². The third-order valence-electron chi connectivity index (χ3n) is 2.46. The van der Waals surface area contributed by atoms with Crippen LogP contribution in [-0.4, -0.2) is 32.1 Å². The standard InChI is InChI=1S/C12H10N2O4/c15-11(16)4-7-1-2-8-9(3-7)13-6-14-10(8)5-12(17)18/h1-3,6H,4-5H2,(H,15,16)(H,17,18). The van der Waals surface area contributed by atoms with Gasteiger partial charge in [-0.15, -0.1) is 0 Å². The summed E-state index contributed by atoms with van der Waals surface area (Å²) in [6, 6.07) is 4.94. The highest BCUT2D eigenvalue weighted by atomic mass is 16.4. The number of hydrogen-bond acceptors (Lipinski definition) is 4. The molecule has 6 heteroatoms. The molecule has 2 aromatic rings. The van der Waals surface area contributed by atoms with Gasteiger partial charge < -0.3 is 10.2 Å². The maximum atomic E-state index is 10.7. The third-order valence-corrected chi connectivity index (χ3v) is 2.46. The third kappa shape index (κ3) is 2.60. The molecule has 0 atom stereocenters. The molecule has 0 fully saturated rings. The van der Waals surface area contributed by atoms with Crippen LogP contribution in [0, 0.1) is 0 Å². The first-order valence-corrected chi connectivity index (χ1v) is 5.22. The van der Waals surface area contributed by atoms with Gasteiger partial charge in [-0.25, -0.2) is 9.97 Å². The highest BCUT2D eigenvalue weighted by Gasteiger charge is 2.09. The number of fused-ring (bicyclic) bond motifs is 1. The van der Waals surface area contributed by atoms with Gasteiger partial charge in [0.25, 0.3) is 0 Å². The molecule has 1 aromatic heterocycles. The lowest BCUT2D eigenvalue weighted by Gasteiger charge is -2.04. The summed E-state index contributed by atoms with van der Waals surface area (Å²) < 4.78 is 0. The monoisotopic (exact) mass is 246 g/mol. The van der Waals surface area contributed by atoms with Crippen molar-refractivity contribution in [2.75, 3.05) is 0 Å². The lowest BCUT2D eigenvalue weighted by molar-refractivity contribution is -0.137. The summed E-state index contributed by atoms with van der Waals surface area (Å²) in [5, 5.41) is 18.1. The second-order valence-corrected chi connectivity index (χ2v) is 3.81. The van der Waals surface area contributed by atoms with Gasteiger partial charge in [0.05, 0.1) is 24.1 Å². The van der Waals surface area contributed by atoms with Crippen LogP contribution in [0.2, 0.25) is 0 Å². The number of carbonyl (C=O) groups is 2. The second kappa shape index (κ2) is 4.79. The molecule has 6 nitrogen and oxygen atoms in total. The van der Waals surface area contributed by atoms with E-state index in [2.05, 4.69) is 9.97 Å². The summed E-state index contributed by atoms with van der Waals surface area (Å²) in [7, 11) is 0. The summed E-state index contributed by atoms with van der Waals surface area (Å²) in [5.74, 6) is -1.89. The van der Waals surface area contributed by atoms with Gasteiger partial charge in [0.2, 0.25) is 0 Å². The van der Waals surface area contributed by atoms with Gasteiger partial charge in [-0.1, -0.05) is 12.1 Å². The van der Waals surface area contributed by atoms with E-state index >= 15 is 0 Å². The van der Waals surface area contributed by atoms with Crippen molar-refractivity contribution in [3.05, 3.63) is 35.8 Å². The maximum Gasteiger partial charge on any atom is 0.309 e. The van der Waals surface area contributed by atoms with E-state index in [1.165, 1.54) is 6.33 Å². The molecule has 0 spiro atoms. The quantitative estimate of drug-likeness (QED) is 0.830. The Balaban J connectivity index is 2.46. The van der Waals surface area contributed by atoms with Crippen LogP contribution in [0.25, 0.3) is 10.9 Å². The number of carboxylic acid groups (broad SMARTS) is 2. The van der Waals surface area contributed by atoms with E-state index in [0.717, 1.165) is 0 Å². The molecule has 0 aliphatic carbocycles. The molecule has 1 aromatic carbocycles. The van der Waals surface area contributed by atoms with Crippen LogP contribution < -0.4 is 0 Å². The topological polar surface area (TPSA) is 100 Å². The number of benzene rings is 1. The fourth-order valence-corrected chi connectivity index (χ4v) is 1.73. The lowest BCUT2D eigenvalue weighted by atomic mass is 10.1. The molecule has 0 aliphatic rings. The highest BCUT2D eigenvalue weighted by molar-refractivity contribution is 5.85. The van der Waals surface area contributed by atoms with Crippen LogP contribution in [0.5, 0.6) is 0 Å². The van der Waals surface area contributed by atoms with E-state index in [-0.39, 0.29) is 12.8 Å². The number of rotatable bonds is 4. The van der Waals surface area contributed by atoms with E-state index < -0.39 is 11.9 Å². The molecule has 92 valence electrons. The molecular weight excluding hydrogens is 236 g/mol. The first kappa shape index (κ1) is 12.0. The van der Waals surface area contributed by atoms with Gasteiger partial charge in [0.15, 0.2) is 0 Å². The number of aromatic nitrogens is 2. The Hall–Kier alpha value is -2.50. The van der Waals surface area contributed by atoms with E-state index in [9.17, 15) is 9.59 Å². The molecule has 18 heavy (non-hydrogen) atoms. The van der Waals surface area contributed by atoms with Crippen LogP contribution in [0.15, 0.2) is 24.5 Å².